The summed E-state index contributed by atoms with van der Waals surface area (Å²) in [6.07, 6.45) is -25.3. The minimum atomic E-state index is -2.44. The van der Waals surface area contributed by atoms with Crippen LogP contribution in [0.4, 0.5) is 0 Å². The first kappa shape index (κ1) is 81.4. The molecule has 0 fully saturated rings. The topological polar surface area (TPSA) is 662 Å². The third kappa shape index (κ3) is 12.6. The quantitative estimate of drug-likeness (QED) is 0.0538. The third-order valence-electron chi connectivity index (χ3n) is 24.3. The lowest BCUT2D eigenvalue weighted by molar-refractivity contribution is -0.0110. The van der Waals surface area contributed by atoms with E-state index in [1.165, 1.54) is 12.1 Å². The van der Waals surface area contributed by atoms with Crippen LogP contribution in [0.3, 0.4) is 0 Å². The average Bonchev–Trinajstić information content (AvgIpc) is 0.704. The number of rotatable bonds is 11. The van der Waals surface area contributed by atoms with Crippen molar-refractivity contribution in [1.29, 1.82) is 0 Å². The van der Waals surface area contributed by atoms with Gasteiger partial charge in [-0.05, 0) is 106 Å². The second-order valence-corrected chi connectivity index (χ2v) is 31.6. The number of aromatic hydroxyl groups is 24. The lowest BCUT2D eigenvalue weighted by Crippen LogP contribution is -2.40. The smallest absolute Gasteiger partial charge is 0.157 e. The van der Waals surface area contributed by atoms with Gasteiger partial charge in [-0.3, -0.25) is 0 Å². The molecule has 12 aromatic carbocycles. The first-order valence-corrected chi connectivity index (χ1v) is 38.6. The summed E-state index contributed by atoms with van der Waals surface area (Å²) in [5, 5.41) is 360. The van der Waals surface area contributed by atoms with E-state index in [4.69, 9.17) is 28.4 Å². The zero-order chi connectivity index (χ0) is 89.6. The second-order valence-electron chi connectivity index (χ2n) is 31.6. The number of hydrogen-bond acceptors (Lipinski definition) is 36. The van der Waals surface area contributed by atoms with E-state index >= 15 is 0 Å². The Morgan fingerprint density at radius 1 is 0.183 bits per heavy atom. The summed E-state index contributed by atoms with van der Waals surface area (Å²) >= 11 is 0. The molecule has 0 saturated heterocycles. The maximum atomic E-state index is 13.7. The highest BCUT2D eigenvalue weighted by Gasteiger charge is 2.57. The second kappa shape index (κ2) is 29.6. The monoisotopic (exact) mass is 1730 g/mol. The number of hydrogen-bond donors (Lipinski definition) is 30. The number of phenolic OH excluding ortho intramolecular Hbond substituents is 24. The molecule has 0 unspecified atom stereocenters. The Balaban J connectivity index is 0.896. The van der Waals surface area contributed by atoms with Crippen LogP contribution in [0, 0.1) is 0 Å². The molecule has 18 rings (SSSR count). The molecule has 0 aromatic heterocycles. The van der Waals surface area contributed by atoms with Crippen molar-refractivity contribution in [2.24, 2.45) is 0 Å². The van der Waals surface area contributed by atoms with Crippen LogP contribution in [-0.4, -0.2) is 190 Å². The van der Waals surface area contributed by atoms with Crippen molar-refractivity contribution in [2.45, 2.75) is 109 Å². The number of ether oxygens (including phenoxy) is 6. The van der Waals surface area contributed by atoms with Gasteiger partial charge in [0, 0.05) is 110 Å². The number of benzene rings is 12. The standard InChI is InChI=1S/C90H74O36/c91-33-19-48(105)60-59(20-33)121-81(28-2-8-36(93)43(100)14-28)75(116)70(60)62-50(107)23-52(109)64-72(77(118)83(123-87(62)64)30-4-10-38(95)45(102)16-30)66-54(111)25-56(113)68-74(79(120)85(125-89(66)68)32-6-12-40(97)47(104)18-32)69-57(114)26-55(112)67-73(78(119)84(126-90(67)69)31-5-11-39(96)46(103)17-31)65-53(110)24-51(108)63-71(76(117)82(124-88(63)65)29-3-9-37(94)44(101)15-29)61-49(106)22-41(98)34-21-58(115)80(122-86(34)61)27-1-7-35(92)42(99)13-27/h1-20,22-26,58,70-85,91-120H,21H2/t58-,70-,71+,72-,73+,74-,75-,76-,77-,78-,79-,80-,81-,82-,83-,84-,85-/m1/s1. The fourth-order valence-electron chi connectivity index (χ4n) is 18.6. The van der Waals surface area contributed by atoms with Gasteiger partial charge in [0.05, 0.1) is 35.7 Å². The van der Waals surface area contributed by atoms with Crippen molar-refractivity contribution in [1.82, 2.24) is 0 Å². The Morgan fingerprint density at radius 3 is 0.643 bits per heavy atom. The van der Waals surface area contributed by atoms with Gasteiger partial charge in [-0.2, -0.15) is 0 Å². The van der Waals surface area contributed by atoms with Gasteiger partial charge >= 0.3 is 0 Å². The van der Waals surface area contributed by atoms with E-state index in [1.54, 1.807) is 0 Å². The molecule has 6 heterocycles. The van der Waals surface area contributed by atoms with E-state index in [9.17, 15) is 153 Å². The van der Waals surface area contributed by atoms with E-state index in [0.29, 0.717) is 24.3 Å². The summed E-state index contributed by atoms with van der Waals surface area (Å²) in [7, 11) is 0. The van der Waals surface area contributed by atoms with Gasteiger partial charge < -0.3 is 182 Å². The normalized spacial score (nSPS) is 24.3. The summed E-state index contributed by atoms with van der Waals surface area (Å²) in [4.78, 5) is 0. The van der Waals surface area contributed by atoms with Crippen molar-refractivity contribution in [2.75, 3.05) is 0 Å². The van der Waals surface area contributed by atoms with Crippen LogP contribution in [0.15, 0.2) is 152 Å². The molecular weight excluding hydrogens is 1660 g/mol. The van der Waals surface area contributed by atoms with Gasteiger partial charge in [-0.1, -0.05) is 36.4 Å². The summed E-state index contributed by atoms with van der Waals surface area (Å²) in [5.74, 6) is -35.9. The molecule has 0 radical (unpaired) electrons. The van der Waals surface area contributed by atoms with Gasteiger partial charge in [-0.15, -0.1) is 0 Å². The van der Waals surface area contributed by atoms with E-state index in [2.05, 4.69) is 0 Å². The minimum Gasteiger partial charge on any atom is -0.508 e. The largest absolute Gasteiger partial charge is 0.508 e. The molecule has 0 bridgehead atoms. The molecule has 650 valence electrons. The zero-order valence-electron chi connectivity index (χ0n) is 64.3. The third-order valence-corrected chi connectivity index (χ3v) is 24.3. The van der Waals surface area contributed by atoms with Crippen LogP contribution >= 0.6 is 0 Å². The zero-order valence-corrected chi connectivity index (χ0v) is 64.3. The van der Waals surface area contributed by atoms with Gasteiger partial charge in [0.2, 0.25) is 0 Å². The van der Waals surface area contributed by atoms with Gasteiger partial charge in [-0.25, -0.2) is 0 Å². The molecule has 0 amide bonds. The minimum absolute atomic E-state index is 0.00514. The first-order valence-electron chi connectivity index (χ1n) is 38.6. The molecule has 0 aliphatic carbocycles. The Labute approximate surface area is 706 Å². The van der Waals surface area contributed by atoms with Crippen LogP contribution < -0.4 is 28.4 Å². The van der Waals surface area contributed by atoms with Crippen LogP contribution in [0.25, 0.3) is 0 Å². The SMILES string of the molecule is Oc1cc(O)c2c(c1)O[C@H](c1ccc(O)c(O)c1)[C@H](O)[C@H]2c1c(O)cc(O)c2c1O[C@H](c1ccc(O)c(O)c1)[C@H](O)[C@H]2c1c(O)cc(O)c2c1O[C@H](c1ccc(O)c(O)c1)[C@H](O)[C@H]2c1c(O)cc(O)c2c1O[C@H](c1ccc(O)c(O)c1)[C@H](O)[C@H]2c1c(O)cc(O)c2c1O[C@H](c1ccc(O)c(O)c1)[C@H](O)[C@H]2c1c(O)cc(O)c2c1O[C@H](c1ccc(O)c(O)c1)[C@H](O)C2. The van der Waals surface area contributed by atoms with Crippen molar-refractivity contribution in [3.05, 3.63) is 246 Å². The Kier molecular flexibility index (Phi) is 19.1. The molecular formula is C90H74O36. The molecule has 0 saturated carbocycles. The summed E-state index contributed by atoms with van der Waals surface area (Å²) in [6, 6.07) is 23.6. The highest BCUT2D eigenvalue weighted by molar-refractivity contribution is 5.77. The molecule has 17 atom stereocenters. The number of phenols is 24. The van der Waals surface area contributed by atoms with E-state index in [-0.39, 0.29) is 38.9 Å². The van der Waals surface area contributed by atoms with E-state index in [1.807, 2.05) is 0 Å². The predicted molar refractivity (Wildman–Crippen MR) is 426 cm³/mol. The van der Waals surface area contributed by atoms with Crippen LogP contribution in [0.5, 0.6) is 172 Å². The van der Waals surface area contributed by atoms with Gasteiger partial charge in [0.25, 0.3) is 0 Å². The average molecular weight is 1730 g/mol. The molecule has 36 heteroatoms. The van der Waals surface area contributed by atoms with E-state index < -0.39 is 337 Å². The Morgan fingerprint density at radius 2 is 0.389 bits per heavy atom. The maximum Gasteiger partial charge on any atom is 0.157 e. The molecule has 36 nitrogen and oxygen atoms in total. The maximum absolute atomic E-state index is 13.7. The van der Waals surface area contributed by atoms with Gasteiger partial charge in [0.15, 0.2) is 99.5 Å². The Hall–Kier alpha value is -15.6. The summed E-state index contributed by atoms with van der Waals surface area (Å²) in [5.41, 5.74) is -8.39. The first-order chi connectivity index (χ1) is 59.9. The van der Waals surface area contributed by atoms with Crippen molar-refractivity contribution >= 4 is 0 Å². The van der Waals surface area contributed by atoms with Crippen molar-refractivity contribution in [3.8, 4) is 172 Å². The highest BCUT2D eigenvalue weighted by Crippen LogP contribution is 2.69. The number of fused-ring (bicyclic) bond motifs is 6. The molecule has 126 heavy (non-hydrogen) atoms. The van der Waals surface area contributed by atoms with Crippen LogP contribution in [-0.2, 0) is 6.42 Å². The predicted octanol–water partition coefficient (Wildman–Crippen LogP) is 8.79. The molecule has 12 aromatic rings. The van der Waals surface area contributed by atoms with Crippen LogP contribution in [0.2, 0.25) is 0 Å². The molecule has 30 N–H and O–H groups in total. The van der Waals surface area contributed by atoms with Crippen molar-refractivity contribution in [3.63, 3.8) is 0 Å². The highest BCUT2D eigenvalue weighted by atomic mass is 16.5. The lowest BCUT2D eigenvalue weighted by Gasteiger charge is -2.45. The van der Waals surface area contributed by atoms with Gasteiger partial charge in [0.1, 0.15) is 140 Å². The summed E-state index contributed by atoms with van der Waals surface area (Å²) < 4.78 is 39.9. The van der Waals surface area contributed by atoms with Crippen molar-refractivity contribution < 1.29 is 182 Å². The van der Waals surface area contributed by atoms with Crippen LogP contribution in [0.1, 0.15) is 161 Å². The fourth-order valence-corrected chi connectivity index (χ4v) is 18.6. The molecule has 6 aliphatic rings. The fraction of sp³-hybridized carbons (Fsp3) is 0.200. The molecule has 0 spiro atoms. The Bertz CT molecular complexity index is 6550. The lowest BCUT2D eigenvalue weighted by atomic mass is 9.70. The number of aliphatic hydroxyl groups is 6. The molecule has 6 aliphatic heterocycles. The number of aliphatic hydroxyl groups excluding tert-OH is 6. The summed E-state index contributed by atoms with van der Waals surface area (Å²) in [6.45, 7) is 0. The van der Waals surface area contributed by atoms with E-state index in [0.717, 1.165) is 115 Å².